The largest absolute Gasteiger partial charge is 0.502 e. The summed E-state index contributed by atoms with van der Waals surface area (Å²) < 4.78 is 37.0. The van der Waals surface area contributed by atoms with Crippen LogP contribution < -0.4 is 0 Å². The van der Waals surface area contributed by atoms with Gasteiger partial charge in [0.2, 0.25) is 11.7 Å². The summed E-state index contributed by atoms with van der Waals surface area (Å²) in [6, 6.07) is 0. The summed E-state index contributed by atoms with van der Waals surface area (Å²) in [5.74, 6) is -5.35. The molecule has 1 aromatic heterocycles. The second-order valence-corrected chi connectivity index (χ2v) is 1.98. The van der Waals surface area contributed by atoms with Crippen molar-refractivity contribution in [2.45, 2.75) is 6.92 Å². The average Bonchev–Trinajstić information content (AvgIpc) is 1.97. The van der Waals surface area contributed by atoms with Crippen LogP contribution in [0.3, 0.4) is 0 Å². The van der Waals surface area contributed by atoms with Crippen LogP contribution in [0.1, 0.15) is 5.56 Å². The molecule has 5 heteroatoms. The molecule has 11 heavy (non-hydrogen) atoms. The maximum atomic E-state index is 12.5. The number of aromatic hydroxyl groups is 1. The quantitative estimate of drug-likeness (QED) is 0.588. The second kappa shape index (κ2) is 2.41. The molecule has 0 aliphatic carbocycles. The lowest BCUT2D eigenvalue weighted by Crippen LogP contribution is -1.97. The van der Waals surface area contributed by atoms with Gasteiger partial charge in [0.05, 0.1) is 0 Å². The Morgan fingerprint density at radius 2 is 1.73 bits per heavy atom. The SMILES string of the molecule is Cc1c(F)nc(F)c(O)c1F. The van der Waals surface area contributed by atoms with Crippen LogP contribution in [0.4, 0.5) is 13.2 Å². The predicted molar refractivity (Wildman–Crippen MR) is 30.5 cm³/mol. The van der Waals surface area contributed by atoms with E-state index in [1.165, 1.54) is 0 Å². The van der Waals surface area contributed by atoms with Gasteiger partial charge in [-0.3, -0.25) is 0 Å². The predicted octanol–water partition coefficient (Wildman–Crippen LogP) is 1.51. The molecule has 0 aliphatic rings. The highest BCUT2D eigenvalue weighted by atomic mass is 19.2. The van der Waals surface area contributed by atoms with Crippen molar-refractivity contribution in [3.8, 4) is 5.75 Å². The molecule has 1 N–H and O–H groups in total. The van der Waals surface area contributed by atoms with Crippen LogP contribution >= 0.6 is 0 Å². The first-order valence-electron chi connectivity index (χ1n) is 2.74. The molecule has 1 rings (SSSR count). The summed E-state index contributed by atoms with van der Waals surface area (Å²) in [7, 11) is 0. The Balaban J connectivity index is 3.46. The minimum absolute atomic E-state index is 0.496. The highest BCUT2D eigenvalue weighted by Crippen LogP contribution is 2.21. The summed E-state index contributed by atoms with van der Waals surface area (Å²) in [6.07, 6.45) is 0. The lowest BCUT2D eigenvalue weighted by molar-refractivity contribution is 0.367. The molecule has 0 unspecified atom stereocenters. The van der Waals surface area contributed by atoms with E-state index in [9.17, 15) is 13.2 Å². The zero-order valence-corrected chi connectivity index (χ0v) is 5.53. The number of aromatic nitrogens is 1. The van der Waals surface area contributed by atoms with Gasteiger partial charge in [-0.05, 0) is 6.92 Å². The number of hydrogen-bond acceptors (Lipinski definition) is 2. The van der Waals surface area contributed by atoms with E-state index in [0.717, 1.165) is 6.92 Å². The van der Waals surface area contributed by atoms with E-state index < -0.39 is 29.0 Å². The summed E-state index contributed by atoms with van der Waals surface area (Å²) in [6.45, 7) is 1.05. The van der Waals surface area contributed by atoms with Crippen molar-refractivity contribution in [3.05, 3.63) is 23.3 Å². The lowest BCUT2D eigenvalue weighted by atomic mass is 10.3. The van der Waals surface area contributed by atoms with Crippen molar-refractivity contribution in [1.82, 2.24) is 4.98 Å². The molecule has 1 aromatic rings. The zero-order chi connectivity index (χ0) is 8.59. The minimum atomic E-state index is -1.54. The van der Waals surface area contributed by atoms with Gasteiger partial charge >= 0.3 is 0 Å². The molecule has 0 saturated heterocycles. The van der Waals surface area contributed by atoms with E-state index in [2.05, 4.69) is 4.98 Å². The van der Waals surface area contributed by atoms with E-state index >= 15 is 0 Å². The third kappa shape index (κ3) is 1.13. The van der Waals surface area contributed by atoms with Gasteiger partial charge in [0.15, 0.2) is 5.82 Å². The fraction of sp³-hybridized carbons (Fsp3) is 0.167. The number of hydrogen-bond donors (Lipinski definition) is 1. The summed E-state index contributed by atoms with van der Waals surface area (Å²) in [4.78, 5) is 2.61. The Morgan fingerprint density at radius 1 is 1.18 bits per heavy atom. The number of pyridine rings is 1. The maximum Gasteiger partial charge on any atom is 0.260 e. The van der Waals surface area contributed by atoms with Gasteiger partial charge in [-0.15, -0.1) is 0 Å². The van der Waals surface area contributed by atoms with E-state index in [4.69, 9.17) is 5.11 Å². The van der Waals surface area contributed by atoms with Crippen LogP contribution in [0.2, 0.25) is 0 Å². The Bertz CT molecular complexity index is 274. The van der Waals surface area contributed by atoms with E-state index in [1.54, 1.807) is 0 Å². The van der Waals surface area contributed by atoms with Crippen LogP contribution in [0.25, 0.3) is 0 Å². The lowest BCUT2D eigenvalue weighted by Gasteiger charge is -1.99. The van der Waals surface area contributed by atoms with E-state index in [-0.39, 0.29) is 0 Å². The van der Waals surface area contributed by atoms with Crippen LogP contribution in [-0.4, -0.2) is 10.1 Å². The van der Waals surface area contributed by atoms with Gasteiger partial charge < -0.3 is 5.11 Å². The van der Waals surface area contributed by atoms with Gasteiger partial charge in [-0.1, -0.05) is 0 Å². The van der Waals surface area contributed by atoms with Crippen molar-refractivity contribution in [2.75, 3.05) is 0 Å². The Hall–Kier alpha value is -1.26. The van der Waals surface area contributed by atoms with Crippen molar-refractivity contribution in [1.29, 1.82) is 0 Å². The summed E-state index contributed by atoms with van der Waals surface area (Å²) in [5.41, 5.74) is -0.496. The molecule has 0 atom stereocenters. The number of halogens is 3. The molecule has 60 valence electrons. The number of nitrogens with zero attached hydrogens (tertiary/aromatic N) is 1. The highest BCUT2D eigenvalue weighted by molar-refractivity contribution is 5.26. The van der Waals surface area contributed by atoms with E-state index in [1.807, 2.05) is 0 Å². The fourth-order valence-electron chi connectivity index (χ4n) is 0.582. The van der Waals surface area contributed by atoms with Gasteiger partial charge in [0.25, 0.3) is 5.95 Å². The van der Waals surface area contributed by atoms with E-state index in [0.29, 0.717) is 0 Å². The van der Waals surface area contributed by atoms with Crippen LogP contribution in [0.5, 0.6) is 5.75 Å². The first-order chi connectivity index (χ1) is 5.04. The smallest absolute Gasteiger partial charge is 0.260 e. The van der Waals surface area contributed by atoms with Crippen molar-refractivity contribution >= 4 is 0 Å². The van der Waals surface area contributed by atoms with Crippen LogP contribution in [0.15, 0.2) is 0 Å². The van der Waals surface area contributed by atoms with Crippen molar-refractivity contribution in [2.24, 2.45) is 0 Å². The molecule has 0 aliphatic heterocycles. The molecule has 0 amide bonds. The number of rotatable bonds is 0. The van der Waals surface area contributed by atoms with Crippen molar-refractivity contribution < 1.29 is 18.3 Å². The Kier molecular flexibility index (Phi) is 1.72. The van der Waals surface area contributed by atoms with Crippen LogP contribution in [0, 0.1) is 24.6 Å². The molecular formula is C6H4F3NO. The standard InChI is InChI=1S/C6H4F3NO/c1-2-3(7)4(11)6(9)10-5(2)8/h11H,1H3. The molecule has 0 aromatic carbocycles. The summed E-state index contributed by atoms with van der Waals surface area (Å²) in [5, 5.41) is 8.53. The Labute approximate surface area is 60.3 Å². The summed E-state index contributed by atoms with van der Waals surface area (Å²) >= 11 is 0. The molecule has 0 bridgehead atoms. The first-order valence-corrected chi connectivity index (χ1v) is 2.74. The fourth-order valence-corrected chi connectivity index (χ4v) is 0.582. The molecule has 0 fully saturated rings. The monoisotopic (exact) mass is 163 g/mol. The topological polar surface area (TPSA) is 33.1 Å². The zero-order valence-electron chi connectivity index (χ0n) is 5.53. The second-order valence-electron chi connectivity index (χ2n) is 1.98. The average molecular weight is 163 g/mol. The first kappa shape index (κ1) is 7.84. The van der Waals surface area contributed by atoms with Gasteiger partial charge in [0, 0.05) is 5.56 Å². The molecule has 0 saturated carbocycles. The normalized spacial score (nSPS) is 10.2. The molecule has 2 nitrogen and oxygen atoms in total. The van der Waals surface area contributed by atoms with Gasteiger partial charge in [0.1, 0.15) is 0 Å². The third-order valence-electron chi connectivity index (χ3n) is 1.24. The highest BCUT2D eigenvalue weighted by Gasteiger charge is 2.15. The molecule has 0 spiro atoms. The van der Waals surface area contributed by atoms with Gasteiger partial charge in [-0.2, -0.15) is 13.8 Å². The van der Waals surface area contributed by atoms with Gasteiger partial charge in [-0.25, -0.2) is 4.39 Å². The molecule has 0 radical (unpaired) electrons. The third-order valence-corrected chi connectivity index (χ3v) is 1.24. The van der Waals surface area contributed by atoms with Crippen molar-refractivity contribution in [3.63, 3.8) is 0 Å². The molecule has 1 heterocycles. The maximum absolute atomic E-state index is 12.5. The Morgan fingerprint density at radius 3 is 2.27 bits per heavy atom. The van der Waals surface area contributed by atoms with Crippen LogP contribution in [-0.2, 0) is 0 Å². The molecular weight excluding hydrogens is 159 g/mol. The minimum Gasteiger partial charge on any atom is -0.502 e.